The van der Waals surface area contributed by atoms with Gasteiger partial charge >= 0.3 is 0 Å². The van der Waals surface area contributed by atoms with Gasteiger partial charge in [-0.25, -0.2) is 0 Å². The highest BCUT2D eigenvalue weighted by atomic mass is 15.3. The molecule has 2 unspecified atom stereocenters. The highest BCUT2D eigenvalue weighted by Gasteiger charge is 2.39. The Morgan fingerprint density at radius 1 is 1.75 bits per heavy atom. The number of rotatable bonds is 3. The molecule has 1 fully saturated rings. The normalized spacial score (nSPS) is 27.5. The third-order valence-electron chi connectivity index (χ3n) is 2.63. The minimum absolute atomic E-state index is 0.755. The summed E-state index contributed by atoms with van der Waals surface area (Å²) in [5.74, 6) is 1.59. The SMILES string of the molecule is CNCC1CC1c1ccnn1C. The van der Waals surface area contributed by atoms with Crippen molar-refractivity contribution < 1.29 is 0 Å². The average Bonchev–Trinajstić information content (AvgIpc) is 2.67. The molecule has 3 nitrogen and oxygen atoms in total. The van der Waals surface area contributed by atoms with E-state index in [1.807, 2.05) is 25.0 Å². The lowest BCUT2D eigenvalue weighted by atomic mass is 10.2. The molecular weight excluding hydrogens is 150 g/mol. The van der Waals surface area contributed by atoms with Gasteiger partial charge in [-0.3, -0.25) is 4.68 Å². The molecular formula is C9H15N3. The van der Waals surface area contributed by atoms with Crippen LogP contribution in [0.15, 0.2) is 12.3 Å². The van der Waals surface area contributed by atoms with Gasteiger partial charge in [0.1, 0.15) is 0 Å². The van der Waals surface area contributed by atoms with Gasteiger partial charge in [-0.2, -0.15) is 5.10 Å². The number of aryl methyl sites for hydroxylation is 1. The molecule has 0 aliphatic heterocycles. The van der Waals surface area contributed by atoms with Crippen LogP contribution in [-0.2, 0) is 7.05 Å². The van der Waals surface area contributed by atoms with Crippen LogP contribution in [-0.4, -0.2) is 23.4 Å². The van der Waals surface area contributed by atoms with Crippen molar-refractivity contribution in [2.24, 2.45) is 13.0 Å². The molecule has 1 heterocycles. The molecule has 3 heteroatoms. The summed E-state index contributed by atoms with van der Waals surface area (Å²) >= 11 is 0. The third kappa shape index (κ3) is 1.25. The van der Waals surface area contributed by atoms with E-state index in [-0.39, 0.29) is 0 Å². The zero-order valence-corrected chi connectivity index (χ0v) is 7.62. The number of aromatic nitrogens is 2. The molecule has 66 valence electrons. The number of hydrogen-bond donors (Lipinski definition) is 1. The van der Waals surface area contributed by atoms with Gasteiger partial charge in [-0.1, -0.05) is 0 Å². The summed E-state index contributed by atoms with van der Waals surface area (Å²) in [4.78, 5) is 0. The maximum atomic E-state index is 4.17. The van der Waals surface area contributed by atoms with Crippen LogP contribution in [0.4, 0.5) is 0 Å². The maximum absolute atomic E-state index is 4.17. The molecule has 2 atom stereocenters. The molecule has 1 aliphatic carbocycles. The summed E-state index contributed by atoms with van der Waals surface area (Å²) in [7, 11) is 4.03. The Bertz CT molecular complexity index is 266. The van der Waals surface area contributed by atoms with Crippen LogP contribution in [0.2, 0.25) is 0 Å². The minimum atomic E-state index is 0.755. The first-order chi connectivity index (χ1) is 5.83. The van der Waals surface area contributed by atoms with E-state index >= 15 is 0 Å². The van der Waals surface area contributed by atoms with Crippen LogP contribution >= 0.6 is 0 Å². The fourth-order valence-electron chi connectivity index (χ4n) is 1.85. The molecule has 1 aliphatic rings. The smallest absolute Gasteiger partial charge is 0.0492 e. The van der Waals surface area contributed by atoms with E-state index < -0.39 is 0 Å². The lowest BCUT2D eigenvalue weighted by Crippen LogP contribution is -2.10. The standard InChI is InChI=1S/C9H15N3/c1-10-6-7-5-8(7)9-3-4-11-12(9)2/h3-4,7-8,10H,5-6H2,1-2H3. The Kier molecular flexibility index (Phi) is 1.89. The number of nitrogens with one attached hydrogen (secondary N) is 1. The van der Waals surface area contributed by atoms with Crippen LogP contribution in [0.25, 0.3) is 0 Å². The summed E-state index contributed by atoms with van der Waals surface area (Å²) in [6, 6.07) is 2.13. The second-order valence-electron chi connectivity index (χ2n) is 3.54. The van der Waals surface area contributed by atoms with E-state index in [1.165, 1.54) is 12.1 Å². The van der Waals surface area contributed by atoms with Gasteiger partial charge in [0.15, 0.2) is 0 Å². The Labute approximate surface area is 72.8 Å². The van der Waals surface area contributed by atoms with Crippen LogP contribution in [0.1, 0.15) is 18.0 Å². The van der Waals surface area contributed by atoms with Crippen molar-refractivity contribution in [3.8, 4) is 0 Å². The lowest BCUT2D eigenvalue weighted by molar-refractivity contribution is 0.659. The first kappa shape index (κ1) is 7.80. The summed E-state index contributed by atoms with van der Waals surface area (Å²) < 4.78 is 1.99. The van der Waals surface area contributed by atoms with E-state index in [0.29, 0.717) is 0 Å². The second-order valence-corrected chi connectivity index (χ2v) is 3.54. The molecule has 0 amide bonds. The van der Waals surface area contributed by atoms with Gasteiger partial charge in [0.05, 0.1) is 0 Å². The zero-order valence-electron chi connectivity index (χ0n) is 7.62. The molecule has 0 spiro atoms. The van der Waals surface area contributed by atoms with Gasteiger partial charge in [0, 0.05) is 24.9 Å². The van der Waals surface area contributed by atoms with Crippen molar-refractivity contribution >= 4 is 0 Å². The van der Waals surface area contributed by atoms with Gasteiger partial charge < -0.3 is 5.32 Å². The van der Waals surface area contributed by atoms with E-state index in [1.54, 1.807) is 0 Å². The molecule has 2 rings (SSSR count). The Balaban J connectivity index is 2.01. The van der Waals surface area contributed by atoms with Gasteiger partial charge in [0.25, 0.3) is 0 Å². The van der Waals surface area contributed by atoms with Gasteiger partial charge in [-0.15, -0.1) is 0 Å². The topological polar surface area (TPSA) is 29.9 Å². The lowest BCUT2D eigenvalue weighted by Gasteiger charge is -1.99. The van der Waals surface area contributed by atoms with Gasteiger partial charge in [0.2, 0.25) is 0 Å². The molecule has 0 saturated heterocycles. The van der Waals surface area contributed by atoms with Crippen molar-refractivity contribution in [2.45, 2.75) is 12.3 Å². The fraction of sp³-hybridized carbons (Fsp3) is 0.667. The second kappa shape index (κ2) is 2.90. The van der Waals surface area contributed by atoms with E-state index in [4.69, 9.17) is 0 Å². The summed E-state index contributed by atoms with van der Waals surface area (Å²) in [5.41, 5.74) is 1.38. The Hall–Kier alpha value is -0.830. The average molecular weight is 165 g/mol. The minimum Gasteiger partial charge on any atom is -0.319 e. The monoisotopic (exact) mass is 165 g/mol. The molecule has 1 saturated carbocycles. The van der Waals surface area contributed by atoms with E-state index in [0.717, 1.165) is 18.4 Å². The van der Waals surface area contributed by atoms with Crippen LogP contribution in [0.3, 0.4) is 0 Å². The first-order valence-corrected chi connectivity index (χ1v) is 4.45. The fourth-order valence-corrected chi connectivity index (χ4v) is 1.85. The Morgan fingerprint density at radius 3 is 3.17 bits per heavy atom. The van der Waals surface area contributed by atoms with E-state index in [9.17, 15) is 0 Å². The largest absolute Gasteiger partial charge is 0.319 e. The molecule has 1 aromatic heterocycles. The molecule has 12 heavy (non-hydrogen) atoms. The van der Waals surface area contributed by atoms with Crippen molar-refractivity contribution in [2.75, 3.05) is 13.6 Å². The highest BCUT2D eigenvalue weighted by Crippen LogP contribution is 2.46. The molecule has 0 aromatic carbocycles. The summed E-state index contributed by atoms with van der Waals surface area (Å²) in [6.07, 6.45) is 3.20. The highest BCUT2D eigenvalue weighted by molar-refractivity contribution is 5.17. The first-order valence-electron chi connectivity index (χ1n) is 4.45. The van der Waals surface area contributed by atoms with Crippen LogP contribution < -0.4 is 5.32 Å². The molecule has 0 radical (unpaired) electrons. The van der Waals surface area contributed by atoms with Crippen molar-refractivity contribution in [3.63, 3.8) is 0 Å². The summed E-state index contributed by atoms with van der Waals surface area (Å²) in [6.45, 7) is 1.13. The quantitative estimate of drug-likeness (QED) is 0.716. The summed E-state index contributed by atoms with van der Waals surface area (Å²) in [5, 5.41) is 7.38. The van der Waals surface area contributed by atoms with Crippen LogP contribution in [0.5, 0.6) is 0 Å². The molecule has 0 bridgehead atoms. The molecule has 1 N–H and O–H groups in total. The number of nitrogens with zero attached hydrogens (tertiary/aromatic N) is 2. The third-order valence-corrected chi connectivity index (χ3v) is 2.63. The zero-order chi connectivity index (χ0) is 8.55. The van der Waals surface area contributed by atoms with Crippen LogP contribution in [0, 0.1) is 5.92 Å². The van der Waals surface area contributed by atoms with Crippen molar-refractivity contribution in [1.82, 2.24) is 15.1 Å². The predicted octanol–water partition coefficient (Wildman–Crippen LogP) is 0.743. The van der Waals surface area contributed by atoms with Gasteiger partial charge in [-0.05, 0) is 32.0 Å². The van der Waals surface area contributed by atoms with Crippen molar-refractivity contribution in [3.05, 3.63) is 18.0 Å². The Morgan fingerprint density at radius 2 is 2.58 bits per heavy atom. The molecule has 1 aromatic rings. The van der Waals surface area contributed by atoms with E-state index in [2.05, 4.69) is 16.5 Å². The number of hydrogen-bond acceptors (Lipinski definition) is 2. The predicted molar refractivity (Wildman–Crippen MR) is 48.0 cm³/mol. The van der Waals surface area contributed by atoms with Crippen molar-refractivity contribution in [1.29, 1.82) is 0 Å². The maximum Gasteiger partial charge on any atom is 0.0492 e.